The van der Waals surface area contributed by atoms with Gasteiger partial charge in [0.05, 0.1) is 18.5 Å². The number of hydrogen-bond acceptors (Lipinski definition) is 6. The Kier molecular flexibility index (Phi) is 5.01. The van der Waals surface area contributed by atoms with Gasteiger partial charge in [-0.2, -0.15) is 10.1 Å². The number of aromatic nitrogens is 5. The molecule has 4 aromatic rings. The summed E-state index contributed by atoms with van der Waals surface area (Å²) in [6.07, 6.45) is 3.24. The molecule has 9 heteroatoms. The van der Waals surface area contributed by atoms with E-state index in [0.29, 0.717) is 29.4 Å². The zero-order valence-corrected chi connectivity index (χ0v) is 16.9. The molecule has 0 amide bonds. The topological polar surface area (TPSA) is 99.1 Å². The maximum absolute atomic E-state index is 12.9. The molecule has 0 aliphatic carbocycles. The van der Waals surface area contributed by atoms with Gasteiger partial charge in [-0.25, -0.2) is 10.2 Å². The van der Waals surface area contributed by atoms with Gasteiger partial charge in [0.1, 0.15) is 0 Å². The van der Waals surface area contributed by atoms with Crippen LogP contribution in [-0.2, 0) is 20.6 Å². The van der Waals surface area contributed by atoms with Gasteiger partial charge in [0.25, 0.3) is 5.56 Å². The number of rotatable bonds is 5. The number of imidazole rings is 1. The third kappa shape index (κ3) is 3.41. The fourth-order valence-electron chi connectivity index (χ4n) is 3.25. The van der Waals surface area contributed by atoms with Crippen molar-refractivity contribution in [1.29, 1.82) is 0 Å². The third-order valence-corrected chi connectivity index (χ3v) is 4.99. The number of hydrazone groups is 1. The molecule has 0 atom stereocenters. The second kappa shape index (κ2) is 7.78. The zero-order chi connectivity index (χ0) is 21.3. The molecule has 0 aliphatic heterocycles. The maximum Gasteiger partial charge on any atom is 0.332 e. The lowest BCUT2D eigenvalue weighted by molar-refractivity contribution is 0.702. The molecular weight excluding hydrogens is 382 g/mol. The van der Waals surface area contributed by atoms with Crippen LogP contribution in [-0.4, -0.2) is 29.9 Å². The first kappa shape index (κ1) is 19.3. The molecule has 4 rings (SSSR count). The molecule has 0 fully saturated rings. The van der Waals surface area contributed by atoms with Gasteiger partial charge in [0.15, 0.2) is 11.2 Å². The first-order chi connectivity index (χ1) is 14.5. The van der Waals surface area contributed by atoms with Gasteiger partial charge in [0.2, 0.25) is 5.95 Å². The highest BCUT2D eigenvalue weighted by molar-refractivity contribution is 5.78. The zero-order valence-electron chi connectivity index (χ0n) is 16.9. The molecule has 3 aromatic heterocycles. The first-order valence-electron chi connectivity index (χ1n) is 9.38. The fraction of sp³-hybridized carbons (Fsp3) is 0.190. The summed E-state index contributed by atoms with van der Waals surface area (Å²) in [7, 11) is 3.05. The second-order valence-electron chi connectivity index (χ2n) is 6.95. The molecule has 1 aromatic carbocycles. The summed E-state index contributed by atoms with van der Waals surface area (Å²) in [5.41, 5.74) is 5.49. The van der Waals surface area contributed by atoms with Crippen LogP contribution < -0.4 is 16.7 Å². The van der Waals surface area contributed by atoms with Crippen molar-refractivity contribution in [1.82, 2.24) is 23.7 Å². The van der Waals surface area contributed by atoms with Gasteiger partial charge >= 0.3 is 5.69 Å². The Hall–Kier alpha value is -4.01. The van der Waals surface area contributed by atoms with E-state index in [4.69, 9.17) is 0 Å². The van der Waals surface area contributed by atoms with E-state index >= 15 is 0 Å². The minimum Gasteiger partial charge on any atom is -0.298 e. The lowest BCUT2D eigenvalue weighted by Crippen LogP contribution is -2.37. The lowest BCUT2D eigenvalue weighted by Gasteiger charge is -2.11. The summed E-state index contributed by atoms with van der Waals surface area (Å²) in [5.74, 6) is 0.360. The predicted octanol–water partition coefficient (Wildman–Crippen LogP) is 1.63. The number of hydrogen-bond donors (Lipinski definition) is 1. The Morgan fingerprint density at radius 1 is 1.07 bits per heavy atom. The summed E-state index contributed by atoms with van der Waals surface area (Å²) >= 11 is 0. The molecule has 0 saturated carbocycles. The Labute approximate surface area is 172 Å². The number of aryl methyl sites for hydroxylation is 2. The summed E-state index contributed by atoms with van der Waals surface area (Å²) in [6.45, 7) is 2.41. The molecule has 0 spiro atoms. The van der Waals surface area contributed by atoms with Gasteiger partial charge in [-0.05, 0) is 30.2 Å². The average molecular weight is 403 g/mol. The van der Waals surface area contributed by atoms with Crippen molar-refractivity contribution in [2.75, 3.05) is 5.43 Å². The van der Waals surface area contributed by atoms with E-state index in [0.717, 1.165) is 15.7 Å². The molecule has 0 saturated heterocycles. The van der Waals surface area contributed by atoms with E-state index in [-0.39, 0.29) is 0 Å². The van der Waals surface area contributed by atoms with Crippen molar-refractivity contribution in [2.24, 2.45) is 19.2 Å². The van der Waals surface area contributed by atoms with E-state index < -0.39 is 11.2 Å². The number of nitrogens with zero attached hydrogens (tertiary/aromatic N) is 6. The summed E-state index contributed by atoms with van der Waals surface area (Å²) in [4.78, 5) is 34.0. The van der Waals surface area contributed by atoms with Gasteiger partial charge in [-0.1, -0.05) is 30.3 Å². The fourth-order valence-corrected chi connectivity index (χ4v) is 3.25. The van der Waals surface area contributed by atoms with E-state index in [2.05, 4.69) is 20.5 Å². The highest BCUT2D eigenvalue weighted by Gasteiger charge is 2.19. The molecule has 9 nitrogen and oxygen atoms in total. The van der Waals surface area contributed by atoms with Crippen molar-refractivity contribution in [2.45, 2.75) is 13.5 Å². The van der Waals surface area contributed by atoms with Crippen molar-refractivity contribution in [3.8, 4) is 0 Å². The van der Waals surface area contributed by atoms with Crippen LogP contribution in [0, 0.1) is 6.92 Å². The van der Waals surface area contributed by atoms with E-state index in [1.165, 1.54) is 11.6 Å². The maximum atomic E-state index is 12.9. The van der Waals surface area contributed by atoms with Crippen LogP contribution in [0.15, 0.2) is 63.4 Å². The summed E-state index contributed by atoms with van der Waals surface area (Å²) in [5, 5.41) is 4.22. The molecular formula is C21H21N7O2. The van der Waals surface area contributed by atoms with Crippen molar-refractivity contribution >= 4 is 23.3 Å². The van der Waals surface area contributed by atoms with Gasteiger partial charge in [-0.3, -0.25) is 23.5 Å². The Bertz CT molecular complexity index is 1360. The van der Waals surface area contributed by atoms with Crippen molar-refractivity contribution < 1.29 is 0 Å². The van der Waals surface area contributed by atoms with E-state index in [1.54, 1.807) is 24.0 Å². The monoisotopic (exact) mass is 403 g/mol. The van der Waals surface area contributed by atoms with Gasteiger partial charge in [-0.15, -0.1) is 0 Å². The number of fused-ring (bicyclic) bond motifs is 1. The normalized spacial score (nSPS) is 11.4. The van der Waals surface area contributed by atoms with E-state index in [9.17, 15) is 9.59 Å². The van der Waals surface area contributed by atoms with E-state index in [1.807, 2.05) is 49.4 Å². The predicted molar refractivity (Wildman–Crippen MR) is 116 cm³/mol. The average Bonchev–Trinajstić information content (AvgIpc) is 3.11. The molecule has 0 unspecified atom stereocenters. The van der Waals surface area contributed by atoms with Crippen LogP contribution in [0.3, 0.4) is 0 Å². The summed E-state index contributed by atoms with van der Waals surface area (Å²) < 4.78 is 4.19. The van der Waals surface area contributed by atoms with Crippen LogP contribution in [0.5, 0.6) is 0 Å². The number of benzene rings is 1. The third-order valence-electron chi connectivity index (χ3n) is 4.99. The minimum absolute atomic E-state index is 0.298. The second-order valence-corrected chi connectivity index (χ2v) is 6.95. The van der Waals surface area contributed by atoms with Crippen LogP contribution in [0.25, 0.3) is 11.2 Å². The minimum atomic E-state index is -0.434. The molecule has 0 bridgehead atoms. The lowest BCUT2D eigenvalue weighted by atomic mass is 10.1. The number of pyridine rings is 1. The van der Waals surface area contributed by atoms with Crippen LogP contribution in [0.1, 0.15) is 16.8 Å². The molecule has 0 radical (unpaired) electrons. The molecule has 30 heavy (non-hydrogen) atoms. The van der Waals surface area contributed by atoms with Gasteiger partial charge in [0, 0.05) is 20.3 Å². The SMILES string of the molecule is Cc1ccccc1Cn1c(NN=Cc2ccccn2)nc2c1c(=O)n(C)c(=O)n2C. The Morgan fingerprint density at radius 3 is 2.57 bits per heavy atom. The van der Waals surface area contributed by atoms with Crippen molar-refractivity contribution in [3.05, 3.63) is 86.3 Å². The molecule has 1 N–H and O–H groups in total. The largest absolute Gasteiger partial charge is 0.332 e. The number of nitrogens with one attached hydrogen (secondary N) is 1. The van der Waals surface area contributed by atoms with Crippen LogP contribution in [0.2, 0.25) is 0 Å². The van der Waals surface area contributed by atoms with Gasteiger partial charge < -0.3 is 0 Å². The number of anilines is 1. The first-order valence-corrected chi connectivity index (χ1v) is 9.38. The summed E-state index contributed by atoms with van der Waals surface area (Å²) in [6, 6.07) is 13.4. The quantitative estimate of drug-likeness (QED) is 0.403. The van der Waals surface area contributed by atoms with Crippen molar-refractivity contribution in [3.63, 3.8) is 0 Å². The smallest absolute Gasteiger partial charge is 0.298 e. The molecule has 0 aliphatic rings. The van der Waals surface area contributed by atoms with Crippen LogP contribution in [0.4, 0.5) is 5.95 Å². The Morgan fingerprint density at radius 2 is 1.83 bits per heavy atom. The molecule has 152 valence electrons. The van der Waals surface area contributed by atoms with Crippen LogP contribution >= 0.6 is 0 Å². The Balaban J connectivity index is 1.86. The molecule has 3 heterocycles. The highest BCUT2D eigenvalue weighted by Crippen LogP contribution is 2.19. The highest BCUT2D eigenvalue weighted by atomic mass is 16.2. The standard InChI is InChI=1S/C21H21N7O2/c1-14-8-4-5-9-15(14)13-28-17-18(26(2)21(30)27(3)19(17)29)24-20(28)25-23-12-16-10-6-7-11-22-16/h4-12H,13H2,1-3H3,(H,24,25).